The Bertz CT molecular complexity index is 1190. The summed E-state index contributed by atoms with van der Waals surface area (Å²) in [7, 11) is 0. The third-order valence-corrected chi connectivity index (χ3v) is 6.95. The molecule has 9 heteroatoms. The summed E-state index contributed by atoms with van der Waals surface area (Å²) in [6.07, 6.45) is 3.25. The molecule has 0 fully saturated rings. The Morgan fingerprint density at radius 3 is 2.47 bits per heavy atom. The summed E-state index contributed by atoms with van der Waals surface area (Å²) in [5, 5.41) is 15.3. The second-order valence-electron chi connectivity index (χ2n) is 8.59. The molecule has 3 aromatic rings. The lowest BCUT2D eigenvalue weighted by atomic mass is 10.1. The molecule has 1 unspecified atom stereocenters. The largest absolute Gasteiger partial charge is 0.481 e. The highest BCUT2D eigenvalue weighted by Crippen LogP contribution is 2.27. The van der Waals surface area contributed by atoms with Crippen LogP contribution < -0.4 is 10.6 Å². The number of aliphatic carboxylic acids is 1. The quantitative estimate of drug-likeness (QED) is 0.310. The number of anilines is 2. The van der Waals surface area contributed by atoms with Crippen molar-refractivity contribution in [1.82, 2.24) is 9.88 Å². The van der Waals surface area contributed by atoms with Crippen LogP contribution in [0.15, 0.2) is 54.7 Å². The lowest BCUT2D eigenvalue weighted by Crippen LogP contribution is -2.35. The van der Waals surface area contributed by atoms with Crippen molar-refractivity contribution in [2.24, 2.45) is 0 Å². The van der Waals surface area contributed by atoms with E-state index in [1.54, 1.807) is 18.3 Å². The van der Waals surface area contributed by atoms with Crippen molar-refractivity contribution in [2.75, 3.05) is 17.2 Å². The minimum atomic E-state index is -0.839. The molecule has 8 nitrogen and oxygen atoms in total. The van der Waals surface area contributed by atoms with Gasteiger partial charge in [0, 0.05) is 29.0 Å². The second-order valence-corrected chi connectivity index (χ2v) is 9.74. The molecule has 0 radical (unpaired) electrons. The highest BCUT2D eigenvalue weighted by atomic mass is 32.1. The van der Waals surface area contributed by atoms with Gasteiger partial charge in [-0.1, -0.05) is 37.3 Å². The number of aromatic nitrogens is 1. The molecule has 1 atom stereocenters. The van der Waals surface area contributed by atoms with Crippen LogP contribution in [0.25, 0.3) is 0 Å². The van der Waals surface area contributed by atoms with Crippen LogP contribution in [-0.2, 0) is 22.4 Å². The number of hydrogen-bond acceptors (Lipinski definition) is 5. The Balaban J connectivity index is 1.59. The number of aryl methyl sites for hydroxylation is 2. The number of carbonyl (C=O) groups is 3. The predicted octanol–water partition coefficient (Wildman–Crippen LogP) is 5.66. The fourth-order valence-corrected chi connectivity index (χ4v) is 4.73. The molecule has 1 aromatic heterocycles. The van der Waals surface area contributed by atoms with Crippen LogP contribution in [0.2, 0.25) is 0 Å². The topological polar surface area (TPSA) is 112 Å². The number of urea groups is 1. The Labute approximate surface area is 215 Å². The predicted molar refractivity (Wildman–Crippen MR) is 142 cm³/mol. The summed E-state index contributed by atoms with van der Waals surface area (Å²) >= 11 is 1.46. The van der Waals surface area contributed by atoms with Gasteiger partial charge in [0.05, 0.1) is 18.9 Å². The number of thiazole rings is 1. The minimum absolute atomic E-state index is 0.00959. The first kappa shape index (κ1) is 26.9. The lowest BCUT2D eigenvalue weighted by molar-refractivity contribution is -0.137. The molecule has 0 aliphatic carbocycles. The van der Waals surface area contributed by atoms with Crippen molar-refractivity contribution in [1.29, 1.82) is 0 Å². The van der Waals surface area contributed by atoms with E-state index in [-0.39, 0.29) is 30.8 Å². The fraction of sp³-hybridized carbons (Fsp3) is 0.333. The van der Waals surface area contributed by atoms with Crippen molar-refractivity contribution < 1.29 is 19.5 Å². The summed E-state index contributed by atoms with van der Waals surface area (Å²) in [6.45, 7) is 6.50. The zero-order chi connectivity index (χ0) is 26.1. The van der Waals surface area contributed by atoms with Gasteiger partial charge in [-0.15, -0.1) is 11.3 Å². The maximum atomic E-state index is 13.2. The number of carboxylic acid groups (broad SMARTS) is 1. The number of amides is 3. The Hall–Kier alpha value is -3.72. The summed E-state index contributed by atoms with van der Waals surface area (Å²) in [6, 6.07) is 14.3. The number of hydrogen-bond donors (Lipinski definition) is 3. The Kier molecular flexibility index (Phi) is 9.58. The van der Waals surface area contributed by atoms with E-state index in [2.05, 4.69) is 15.6 Å². The smallest absolute Gasteiger partial charge is 0.323 e. The number of para-hydroxylation sites is 1. The molecular formula is C27H32N4O4S. The van der Waals surface area contributed by atoms with E-state index < -0.39 is 5.97 Å². The molecule has 3 rings (SSSR count). The van der Waals surface area contributed by atoms with Crippen molar-refractivity contribution in [3.8, 4) is 0 Å². The zero-order valence-corrected chi connectivity index (χ0v) is 21.6. The van der Waals surface area contributed by atoms with Crippen LogP contribution in [0, 0.1) is 6.92 Å². The molecule has 36 heavy (non-hydrogen) atoms. The number of benzene rings is 2. The third-order valence-electron chi connectivity index (χ3n) is 5.73. The Morgan fingerprint density at radius 2 is 1.81 bits per heavy atom. The van der Waals surface area contributed by atoms with Crippen LogP contribution in [0.5, 0.6) is 0 Å². The molecule has 0 spiro atoms. The molecule has 0 bridgehead atoms. The third kappa shape index (κ3) is 7.64. The van der Waals surface area contributed by atoms with Gasteiger partial charge in [-0.05, 0) is 56.0 Å². The van der Waals surface area contributed by atoms with Crippen molar-refractivity contribution in [3.05, 3.63) is 75.7 Å². The molecular weight excluding hydrogens is 476 g/mol. The lowest BCUT2D eigenvalue weighted by Gasteiger charge is -2.28. The summed E-state index contributed by atoms with van der Waals surface area (Å²) in [4.78, 5) is 43.5. The molecule has 190 valence electrons. The van der Waals surface area contributed by atoms with Gasteiger partial charge < -0.3 is 20.6 Å². The van der Waals surface area contributed by atoms with Gasteiger partial charge in [-0.25, -0.2) is 9.78 Å². The zero-order valence-electron chi connectivity index (χ0n) is 20.8. The maximum Gasteiger partial charge on any atom is 0.323 e. The van der Waals surface area contributed by atoms with Crippen LogP contribution in [-0.4, -0.2) is 39.4 Å². The first-order valence-electron chi connectivity index (χ1n) is 11.9. The van der Waals surface area contributed by atoms with E-state index >= 15 is 0 Å². The van der Waals surface area contributed by atoms with Crippen molar-refractivity contribution in [2.45, 2.75) is 52.5 Å². The highest BCUT2D eigenvalue weighted by molar-refractivity contribution is 7.11. The first-order chi connectivity index (χ1) is 17.3. The van der Waals surface area contributed by atoms with Crippen LogP contribution in [0.4, 0.5) is 16.2 Å². The van der Waals surface area contributed by atoms with Gasteiger partial charge in [0.25, 0.3) is 0 Å². The normalized spacial score (nSPS) is 11.5. The van der Waals surface area contributed by atoms with E-state index in [0.717, 1.165) is 33.1 Å². The maximum absolute atomic E-state index is 13.2. The summed E-state index contributed by atoms with van der Waals surface area (Å²) in [5.41, 5.74) is 3.20. The average Bonchev–Trinajstić information content (AvgIpc) is 3.32. The van der Waals surface area contributed by atoms with Gasteiger partial charge in [0.15, 0.2) is 0 Å². The minimum Gasteiger partial charge on any atom is -0.481 e. The van der Waals surface area contributed by atoms with E-state index in [1.165, 1.54) is 11.3 Å². The van der Waals surface area contributed by atoms with E-state index in [9.17, 15) is 14.4 Å². The van der Waals surface area contributed by atoms with Gasteiger partial charge in [0.2, 0.25) is 5.91 Å². The Morgan fingerprint density at radius 1 is 1.08 bits per heavy atom. The van der Waals surface area contributed by atoms with Crippen LogP contribution >= 0.6 is 11.3 Å². The summed E-state index contributed by atoms with van der Waals surface area (Å²) in [5.74, 6) is -0.849. The standard InChI is InChI=1S/C27H32N4O4S/c1-4-15-31(19(3)26-28-17-22(36-26)13-14-25(33)34)24(32)16-20-9-11-21(12-10-20)29-27(35)30-23-8-6-5-7-18(23)2/h5-12,17,19H,4,13-16H2,1-3H3,(H,33,34)(H2,29,30,35). The van der Waals surface area contributed by atoms with Crippen LogP contribution in [0.1, 0.15) is 53.7 Å². The molecule has 0 aliphatic heterocycles. The van der Waals surface area contributed by atoms with Gasteiger partial charge in [-0.2, -0.15) is 0 Å². The summed E-state index contributed by atoms with van der Waals surface area (Å²) < 4.78 is 0. The highest BCUT2D eigenvalue weighted by Gasteiger charge is 2.23. The van der Waals surface area contributed by atoms with E-state index in [0.29, 0.717) is 18.7 Å². The van der Waals surface area contributed by atoms with E-state index in [4.69, 9.17) is 5.11 Å². The molecule has 3 N–H and O–H groups in total. The van der Waals surface area contributed by atoms with Gasteiger partial charge in [-0.3, -0.25) is 9.59 Å². The second kappa shape index (κ2) is 12.8. The number of carbonyl (C=O) groups excluding carboxylic acids is 2. The van der Waals surface area contributed by atoms with Gasteiger partial charge >= 0.3 is 12.0 Å². The molecule has 0 saturated carbocycles. The molecule has 2 aromatic carbocycles. The van der Waals surface area contributed by atoms with E-state index in [1.807, 2.05) is 62.1 Å². The SMILES string of the molecule is CCCN(C(=O)Cc1ccc(NC(=O)Nc2ccccc2C)cc1)C(C)c1ncc(CCC(=O)O)s1. The average molecular weight is 509 g/mol. The molecule has 0 saturated heterocycles. The van der Waals surface area contributed by atoms with Crippen molar-refractivity contribution in [3.63, 3.8) is 0 Å². The molecule has 3 amide bonds. The van der Waals surface area contributed by atoms with Gasteiger partial charge in [0.1, 0.15) is 5.01 Å². The molecule has 1 heterocycles. The fourth-order valence-electron chi connectivity index (χ4n) is 3.75. The van der Waals surface area contributed by atoms with Crippen LogP contribution in [0.3, 0.4) is 0 Å². The van der Waals surface area contributed by atoms with Crippen molar-refractivity contribution >= 4 is 40.6 Å². The molecule has 0 aliphatic rings. The number of nitrogens with zero attached hydrogens (tertiary/aromatic N) is 2. The number of rotatable bonds is 11. The number of carboxylic acids is 1. The monoisotopic (exact) mass is 508 g/mol. The first-order valence-corrected chi connectivity index (χ1v) is 12.8. The number of nitrogens with one attached hydrogen (secondary N) is 2.